The van der Waals surface area contributed by atoms with Gasteiger partial charge in [-0.3, -0.25) is 0 Å². The highest BCUT2D eigenvalue weighted by molar-refractivity contribution is 7.98. The standard InChI is InChI=1S/C10H13F2N5OS/c1-5(2)9-13-6(16-18-9)4-19-10-15-14-8(7(11)12)17(10)3/h5,7H,4H2,1-3H3. The molecule has 0 amide bonds. The minimum absolute atomic E-state index is 0.159. The first-order valence-electron chi connectivity index (χ1n) is 5.61. The second-order valence-corrected chi connectivity index (χ2v) is 5.14. The van der Waals surface area contributed by atoms with Crippen molar-refractivity contribution in [1.82, 2.24) is 24.9 Å². The highest BCUT2D eigenvalue weighted by Crippen LogP contribution is 2.24. The Morgan fingerprint density at radius 3 is 2.58 bits per heavy atom. The van der Waals surface area contributed by atoms with Gasteiger partial charge in [-0.1, -0.05) is 30.8 Å². The molecule has 0 atom stereocenters. The fraction of sp³-hybridized carbons (Fsp3) is 0.600. The summed E-state index contributed by atoms with van der Waals surface area (Å²) >= 11 is 1.23. The van der Waals surface area contributed by atoms with Gasteiger partial charge in [0.05, 0.1) is 5.75 Å². The molecule has 0 aliphatic heterocycles. The zero-order valence-electron chi connectivity index (χ0n) is 10.7. The molecule has 6 nitrogen and oxygen atoms in total. The van der Waals surface area contributed by atoms with Crippen LogP contribution in [-0.2, 0) is 12.8 Å². The van der Waals surface area contributed by atoms with Gasteiger partial charge < -0.3 is 9.09 Å². The van der Waals surface area contributed by atoms with E-state index in [9.17, 15) is 8.78 Å². The average molecular weight is 289 g/mol. The number of hydrogen-bond donors (Lipinski definition) is 0. The molecule has 0 N–H and O–H groups in total. The molecule has 9 heteroatoms. The van der Waals surface area contributed by atoms with Gasteiger partial charge in [-0.2, -0.15) is 4.98 Å². The van der Waals surface area contributed by atoms with E-state index in [-0.39, 0.29) is 11.7 Å². The fourth-order valence-corrected chi connectivity index (χ4v) is 2.09. The van der Waals surface area contributed by atoms with Crippen molar-refractivity contribution < 1.29 is 13.3 Å². The molecule has 0 bridgehead atoms. The summed E-state index contributed by atoms with van der Waals surface area (Å²) in [5.41, 5.74) is 0. The van der Waals surface area contributed by atoms with Crippen LogP contribution in [0.15, 0.2) is 9.68 Å². The van der Waals surface area contributed by atoms with Crippen molar-refractivity contribution in [2.75, 3.05) is 0 Å². The third-order valence-electron chi connectivity index (χ3n) is 2.37. The maximum absolute atomic E-state index is 12.5. The lowest BCUT2D eigenvalue weighted by molar-refractivity contribution is 0.135. The molecule has 2 aromatic heterocycles. The van der Waals surface area contributed by atoms with Crippen LogP contribution in [0.1, 0.15) is 43.7 Å². The number of thioether (sulfide) groups is 1. The lowest BCUT2D eigenvalue weighted by Gasteiger charge is -2.00. The summed E-state index contributed by atoms with van der Waals surface area (Å²) in [5.74, 6) is 1.27. The van der Waals surface area contributed by atoms with Crippen LogP contribution >= 0.6 is 11.8 Å². The quantitative estimate of drug-likeness (QED) is 0.788. The van der Waals surface area contributed by atoms with Crippen molar-refractivity contribution in [3.63, 3.8) is 0 Å². The molecule has 0 saturated carbocycles. The molecule has 0 radical (unpaired) electrons. The van der Waals surface area contributed by atoms with Crippen LogP contribution in [0.4, 0.5) is 8.78 Å². The third kappa shape index (κ3) is 3.09. The topological polar surface area (TPSA) is 69.6 Å². The van der Waals surface area contributed by atoms with Gasteiger partial charge in [0.25, 0.3) is 6.43 Å². The molecule has 104 valence electrons. The summed E-state index contributed by atoms with van der Waals surface area (Å²) in [6, 6.07) is 0. The number of hydrogen-bond acceptors (Lipinski definition) is 6. The molecule has 0 aliphatic rings. The largest absolute Gasteiger partial charge is 0.339 e. The second kappa shape index (κ2) is 5.64. The summed E-state index contributed by atoms with van der Waals surface area (Å²) in [6.07, 6.45) is -2.63. The van der Waals surface area contributed by atoms with E-state index < -0.39 is 6.43 Å². The molecule has 2 rings (SSSR count). The number of aromatic nitrogens is 5. The van der Waals surface area contributed by atoms with Gasteiger partial charge in [-0.15, -0.1) is 10.2 Å². The highest BCUT2D eigenvalue weighted by Gasteiger charge is 2.18. The van der Waals surface area contributed by atoms with Crippen LogP contribution in [0.25, 0.3) is 0 Å². The smallest absolute Gasteiger partial charge is 0.297 e. The van der Waals surface area contributed by atoms with Crippen LogP contribution in [0.3, 0.4) is 0 Å². The SMILES string of the molecule is CC(C)c1nc(CSc2nnc(C(F)F)n2C)no1. The zero-order valence-corrected chi connectivity index (χ0v) is 11.5. The summed E-state index contributed by atoms with van der Waals surface area (Å²) in [4.78, 5) is 4.19. The van der Waals surface area contributed by atoms with Gasteiger partial charge in [-0.05, 0) is 0 Å². The second-order valence-electron chi connectivity index (χ2n) is 4.19. The first-order valence-corrected chi connectivity index (χ1v) is 6.60. The molecular formula is C10H13F2N5OS. The van der Waals surface area contributed by atoms with Crippen molar-refractivity contribution in [2.45, 2.75) is 37.1 Å². The van der Waals surface area contributed by atoms with Crippen molar-refractivity contribution >= 4 is 11.8 Å². The Labute approximate surface area is 112 Å². The van der Waals surface area contributed by atoms with Gasteiger partial charge in [0, 0.05) is 13.0 Å². The average Bonchev–Trinajstić information content (AvgIpc) is 2.93. The maximum atomic E-state index is 12.5. The van der Waals surface area contributed by atoms with E-state index in [0.29, 0.717) is 22.6 Å². The van der Waals surface area contributed by atoms with Crippen molar-refractivity contribution in [3.05, 3.63) is 17.5 Å². The van der Waals surface area contributed by atoms with E-state index in [4.69, 9.17) is 4.52 Å². The fourth-order valence-electron chi connectivity index (χ4n) is 1.33. The molecule has 0 fully saturated rings. The van der Waals surface area contributed by atoms with Crippen molar-refractivity contribution in [1.29, 1.82) is 0 Å². The highest BCUT2D eigenvalue weighted by atomic mass is 32.2. The van der Waals surface area contributed by atoms with Crippen molar-refractivity contribution in [3.8, 4) is 0 Å². The normalized spacial score (nSPS) is 11.7. The molecule has 19 heavy (non-hydrogen) atoms. The molecule has 2 aromatic rings. The Hall–Kier alpha value is -1.51. The van der Waals surface area contributed by atoms with E-state index in [1.165, 1.54) is 23.4 Å². The Bertz CT molecular complexity index is 554. The minimum Gasteiger partial charge on any atom is -0.339 e. The molecule has 0 saturated heterocycles. The van der Waals surface area contributed by atoms with Gasteiger partial charge in [0.15, 0.2) is 11.0 Å². The number of halogens is 2. The summed E-state index contributed by atoms with van der Waals surface area (Å²) < 4.78 is 31.4. The lowest BCUT2D eigenvalue weighted by atomic mass is 10.2. The molecular weight excluding hydrogens is 276 g/mol. The first-order chi connectivity index (χ1) is 8.99. The van der Waals surface area contributed by atoms with E-state index in [2.05, 4.69) is 20.3 Å². The Morgan fingerprint density at radius 2 is 2.05 bits per heavy atom. The maximum Gasteiger partial charge on any atom is 0.297 e. The first kappa shape index (κ1) is 13.9. The predicted molar refractivity (Wildman–Crippen MR) is 63.9 cm³/mol. The Balaban J connectivity index is 2.02. The van der Waals surface area contributed by atoms with Gasteiger partial charge >= 0.3 is 0 Å². The molecule has 0 unspecified atom stereocenters. The lowest BCUT2D eigenvalue weighted by Crippen LogP contribution is -1.99. The van der Waals surface area contributed by atoms with E-state index in [0.717, 1.165) is 0 Å². The number of rotatable bonds is 5. The summed E-state index contributed by atoms with van der Waals surface area (Å²) in [7, 11) is 1.50. The molecule has 2 heterocycles. The van der Waals surface area contributed by atoms with Crippen LogP contribution in [0.2, 0.25) is 0 Å². The number of nitrogens with zero attached hydrogens (tertiary/aromatic N) is 5. The molecule has 0 spiro atoms. The molecule has 0 aromatic carbocycles. The monoisotopic (exact) mass is 289 g/mol. The predicted octanol–water partition coefficient (Wildman–Crippen LogP) is 2.55. The van der Waals surface area contributed by atoms with E-state index in [1.54, 1.807) is 0 Å². The van der Waals surface area contributed by atoms with E-state index >= 15 is 0 Å². The van der Waals surface area contributed by atoms with Gasteiger partial charge in [-0.25, -0.2) is 8.78 Å². The zero-order chi connectivity index (χ0) is 14.0. The Kier molecular flexibility index (Phi) is 4.13. The van der Waals surface area contributed by atoms with Crippen LogP contribution in [-0.4, -0.2) is 24.9 Å². The van der Waals surface area contributed by atoms with Crippen LogP contribution in [0.5, 0.6) is 0 Å². The Morgan fingerprint density at radius 1 is 1.32 bits per heavy atom. The third-order valence-corrected chi connectivity index (χ3v) is 3.39. The summed E-state index contributed by atoms with van der Waals surface area (Å²) in [5, 5.41) is 11.3. The minimum atomic E-state index is -2.63. The van der Waals surface area contributed by atoms with Crippen LogP contribution < -0.4 is 0 Å². The van der Waals surface area contributed by atoms with Crippen LogP contribution in [0, 0.1) is 0 Å². The van der Waals surface area contributed by atoms with Gasteiger partial charge in [0.1, 0.15) is 0 Å². The van der Waals surface area contributed by atoms with Gasteiger partial charge in [0.2, 0.25) is 11.7 Å². The summed E-state index contributed by atoms with van der Waals surface area (Å²) in [6.45, 7) is 3.89. The number of alkyl halides is 2. The molecule has 0 aliphatic carbocycles. The van der Waals surface area contributed by atoms with E-state index in [1.807, 2.05) is 13.8 Å². The van der Waals surface area contributed by atoms with Crippen molar-refractivity contribution in [2.24, 2.45) is 7.05 Å².